The zero-order valence-electron chi connectivity index (χ0n) is 13.9. The molecule has 0 aliphatic heterocycles. The minimum Gasteiger partial charge on any atom is -0.491 e. The summed E-state index contributed by atoms with van der Waals surface area (Å²) >= 11 is 0. The topological polar surface area (TPSA) is 75.6 Å². The molecule has 1 fully saturated rings. The fourth-order valence-electron chi connectivity index (χ4n) is 2.60. The number of nitrogens with one attached hydrogen (secondary N) is 1. The third kappa shape index (κ3) is 4.83. The average molecular weight is 339 g/mol. The number of carbonyl (C=O) groups excluding carboxylic acids is 1. The smallest absolute Gasteiger partial charge is 0.335 e. The van der Waals surface area contributed by atoms with Crippen LogP contribution < -0.4 is 10.1 Å². The fourth-order valence-corrected chi connectivity index (χ4v) is 2.60. The molecule has 0 unspecified atom stereocenters. The van der Waals surface area contributed by atoms with E-state index < -0.39 is 5.97 Å². The molecule has 1 aliphatic rings. The number of anilines is 1. The second kappa shape index (κ2) is 7.83. The fraction of sp³-hybridized carbons (Fsp3) is 0.300. The summed E-state index contributed by atoms with van der Waals surface area (Å²) in [7, 11) is 0. The number of carboxylic acids is 1. The molecule has 1 aliphatic carbocycles. The average Bonchev–Trinajstić information content (AvgIpc) is 3.44. The number of para-hydroxylation sites is 2. The third-order valence-corrected chi connectivity index (χ3v) is 4.20. The summed E-state index contributed by atoms with van der Waals surface area (Å²) in [6, 6.07) is 14.1. The van der Waals surface area contributed by atoms with Crippen LogP contribution in [0.25, 0.3) is 0 Å². The van der Waals surface area contributed by atoms with Gasteiger partial charge in [-0.2, -0.15) is 0 Å². The van der Waals surface area contributed by atoms with E-state index in [1.165, 1.54) is 12.8 Å². The summed E-state index contributed by atoms with van der Waals surface area (Å²) in [5, 5.41) is 12.1. The monoisotopic (exact) mass is 339 g/mol. The number of hydrogen-bond donors (Lipinski definition) is 2. The van der Waals surface area contributed by atoms with Crippen molar-refractivity contribution in [1.82, 2.24) is 0 Å². The molecule has 0 saturated heterocycles. The molecule has 3 rings (SSSR count). The maximum Gasteiger partial charge on any atom is 0.335 e. The van der Waals surface area contributed by atoms with Crippen molar-refractivity contribution in [2.24, 2.45) is 5.92 Å². The maximum atomic E-state index is 12.3. The Bertz CT molecular complexity index is 768. The minimum atomic E-state index is -0.977. The van der Waals surface area contributed by atoms with Crippen molar-refractivity contribution >= 4 is 17.6 Å². The molecule has 1 saturated carbocycles. The van der Waals surface area contributed by atoms with Crippen LogP contribution in [0.3, 0.4) is 0 Å². The molecule has 0 radical (unpaired) electrons. The molecule has 130 valence electrons. The Morgan fingerprint density at radius 1 is 1.08 bits per heavy atom. The van der Waals surface area contributed by atoms with Gasteiger partial charge in [-0.15, -0.1) is 0 Å². The lowest BCUT2D eigenvalue weighted by atomic mass is 10.0. The summed E-state index contributed by atoms with van der Waals surface area (Å²) in [6.45, 7) is 0.679. The van der Waals surface area contributed by atoms with Gasteiger partial charge in [-0.25, -0.2) is 4.79 Å². The normalized spacial score (nSPS) is 13.3. The highest BCUT2D eigenvalue weighted by molar-refractivity contribution is 5.93. The van der Waals surface area contributed by atoms with Gasteiger partial charge in [0.05, 0.1) is 17.9 Å². The lowest BCUT2D eigenvalue weighted by Crippen LogP contribution is -2.14. The second-order valence-electron chi connectivity index (χ2n) is 6.26. The molecule has 1 amide bonds. The second-order valence-corrected chi connectivity index (χ2v) is 6.26. The first-order chi connectivity index (χ1) is 12.1. The van der Waals surface area contributed by atoms with Crippen molar-refractivity contribution in [2.45, 2.75) is 25.7 Å². The number of ether oxygens (including phenoxy) is 1. The molecule has 0 aromatic heterocycles. The van der Waals surface area contributed by atoms with Crippen LogP contribution in [0, 0.1) is 5.92 Å². The van der Waals surface area contributed by atoms with Gasteiger partial charge in [0, 0.05) is 6.42 Å². The molecule has 0 heterocycles. The van der Waals surface area contributed by atoms with Crippen molar-refractivity contribution in [3.63, 3.8) is 0 Å². The van der Waals surface area contributed by atoms with Crippen molar-refractivity contribution in [1.29, 1.82) is 0 Å². The molecule has 2 aromatic rings. The van der Waals surface area contributed by atoms with E-state index in [1.54, 1.807) is 24.3 Å². The highest BCUT2D eigenvalue weighted by atomic mass is 16.5. The molecule has 0 bridgehead atoms. The molecule has 2 aromatic carbocycles. The molecule has 5 heteroatoms. The van der Waals surface area contributed by atoms with Crippen LogP contribution in [0.4, 0.5) is 5.69 Å². The van der Waals surface area contributed by atoms with Crippen molar-refractivity contribution < 1.29 is 19.4 Å². The van der Waals surface area contributed by atoms with Gasteiger partial charge in [-0.05, 0) is 48.9 Å². The molecule has 2 N–H and O–H groups in total. The first kappa shape index (κ1) is 17.0. The maximum absolute atomic E-state index is 12.3. The van der Waals surface area contributed by atoms with E-state index in [1.807, 2.05) is 24.3 Å². The summed E-state index contributed by atoms with van der Waals surface area (Å²) in [4.78, 5) is 23.5. The van der Waals surface area contributed by atoms with Crippen LogP contribution in [0.5, 0.6) is 5.75 Å². The number of benzene rings is 2. The van der Waals surface area contributed by atoms with E-state index >= 15 is 0 Å². The zero-order chi connectivity index (χ0) is 17.6. The Morgan fingerprint density at radius 3 is 2.56 bits per heavy atom. The van der Waals surface area contributed by atoms with E-state index in [4.69, 9.17) is 4.74 Å². The minimum absolute atomic E-state index is 0.164. The van der Waals surface area contributed by atoms with Crippen LogP contribution in [-0.4, -0.2) is 23.6 Å². The highest BCUT2D eigenvalue weighted by Gasteiger charge is 2.22. The molecular weight excluding hydrogens is 318 g/mol. The number of aryl methyl sites for hydroxylation is 1. The van der Waals surface area contributed by atoms with E-state index in [-0.39, 0.29) is 17.9 Å². The third-order valence-electron chi connectivity index (χ3n) is 4.20. The highest BCUT2D eigenvalue weighted by Crippen LogP contribution is 2.31. The van der Waals surface area contributed by atoms with E-state index in [2.05, 4.69) is 5.32 Å². The van der Waals surface area contributed by atoms with Crippen molar-refractivity contribution in [2.75, 3.05) is 11.9 Å². The van der Waals surface area contributed by atoms with Crippen molar-refractivity contribution in [3.05, 3.63) is 59.7 Å². The molecule has 5 nitrogen and oxygen atoms in total. The van der Waals surface area contributed by atoms with Gasteiger partial charge in [0.2, 0.25) is 5.91 Å². The van der Waals surface area contributed by atoms with Gasteiger partial charge >= 0.3 is 5.97 Å². The zero-order valence-corrected chi connectivity index (χ0v) is 13.9. The summed E-state index contributed by atoms with van der Waals surface area (Å²) < 4.78 is 5.78. The number of carbonyl (C=O) groups is 2. The predicted molar refractivity (Wildman–Crippen MR) is 95.0 cm³/mol. The van der Waals surface area contributed by atoms with Crippen LogP contribution in [-0.2, 0) is 11.2 Å². The lowest BCUT2D eigenvalue weighted by molar-refractivity contribution is -0.116. The van der Waals surface area contributed by atoms with Gasteiger partial charge in [0.25, 0.3) is 0 Å². The number of hydrogen-bond acceptors (Lipinski definition) is 3. The quantitative estimate of drug-likeness (QED) is 0.768. The molecular formula is C20H21NO4. The Kier molecular flexibility index (Phi) is 5.33. The van der Waals surface area contributed by atoms with E-state index in [0.29, 0.717) is 35.9 Å². The molecule has 0 atom stereocenters. The Morgan fingerprint density at radius 2 is 1.80 bits per heavy atom. The Hall–Kier alpha value is -2.82. The largest absolute Gasteiger partial charge is 0.491 e. The number of aromatic carboxylic acids is 1. The van der Waals surface area contributed by atoms with Gasteiger partial charge in [0.15, 0.2) is 0 Å². The summed E-state index contributed by atoms with van der Waals surface area (Å²) in [5.74, 6) is 0.169. The van der Waals surface area contributed by atoms with Crippen LogP contribution in [0.1, 0.15) is 35.2 Å². The number of rotatable bonds is 8. The van der Waals surface area contributed by atoms with Gasteiger partial charge in [-0.3, -0.25) is 4.79 Å². The lowest BCUT2D eigenvalue weighted by Gasteiger charge is -2.12. The van der Waals surface area contributed by atoms with Gasteiger partial charge in [-0.1, -0.05) is 30.3 Å². The number of carboxylic acid groups (broad SMARTS) is 1. The SMILES string of the molecule is O=C(CCc1ccccc1C(=O)O)Nc1ccccc1OCC1CC1. The Labute approximate surface area is 146 Å². The number of amides is 1. The summed E-state index contributed by atoms with van der Waals surface area (Å²) in [6.07, 6.45) is 3.00. The Balaban J connectivity index is 1.58. The van der Waals surface area contributed by atoms with Crippen LogP contribution >= 0.6 is 0 Å². The van der Waals surface area contributed by atoms with E-state index in [9.17, 15) is 14.7 Å². The first-order valence-electron chi connectivity index (χ1n) is 8.46. The van der Waals surface area contributed by atoms with Crippen LogP contribution in [0.2, 0.25) is 0 Å². The van der Waals surface area contributed by atoms with Gasteiger partial charge in [0.1, 0.15) is 5.75 Å². The first-order valence-corrected chi connectivity index (χ1v) is 8.46. The molecule has 25 heavy (non-hydrogen) atoms. The molecule has 0 spiro atoms. The van der Waals surface area contributed by atoms with Crippen molar-refractivity contribution in [3.8, 4) is 5.75 Å². The standard InChI is InChI=1S/C20H21NO4/c22-19(12-11-15-5-1-2-6-16(15)20(23)24)21-17-7-3-4-8-18(17)25-13-14-9-10-14/h1-8,14H,9-13H2,(H,21,22)(H,23,24). The van der Waals surface area contributed by atoms with E-state index in [0.717, 1.165) is 0 Å². The summed E-state index contributed by atoms with van der Waals surface area (Å²) in [5.41, 5.74) is 1.55. The predicted octanol–water partition coefficient (Wildman–Crippen LogP) is 3.74. The van der Waals surface area contributed by atoms with Gasteiger partial charge < -0.3 is 15.2 Å². The van der Waals surface area contributed by atoms with Crippen LogP contribution in [0.15, 0.2) is 48.5 Å².